The summed E-state index contributed by atoms with van der Waals surface area (Å²) in [5.74, 6) is -8.36. The fraction of sp³-hybridized carbons (Fsp3) is 0.407. The van der Waals surface area contributed by atoms with Gasteiger partial charge >= 0.3 is 5.97 Å². The minimum atomic E-state index is -3.20. The van der Waals surface area contributed by atoms with Gasteiger partial charge in [-0.2, -0.15) is 5.26 Å². The van der Waals surface area contributed by atoms with Gasteiger partial charge in [-0.3, -0.25) is 14.6 Å². The zero-order valence-corrected chi connectivity index (χ0v) is 19.7. The summed E-state index contributed by atoms with van der Waals surface area (Å²) in [5.41, 5.74) is 6.39. The van der Waals surface area contributed by atoms with Crippen LogP contribution in [0.5, 0.6) is 0 Å². The molecule has 0 bridgehead atoms. The Bertz CT molecular complexity index is 1220. The molecule has 1 aromatic heterocycles. The van der Waals surface area contributed by atoms with Crippen LogP contribution in [-0.2, 0) is 14.3 Å². The number of halogens is 2. The van der Waals surface area contributed by atoms with Crippen LogP contribution >= 0.6 is 0 Å². The highest BCUT2D eigenvalue weighted by molar-refractivity contribution is 5.89. The van der Waals surface area contributed by atoms with Gasteiger partial charge in [-0.1, -0.05) is 44.2 Å². The van der Waals surface area contributed by atoms with Crippen LogP contribution in [0.2, 0.25) is 0 Å². The van der Waals surface area contributed by atoms with Crippen molar-refractivity contribution >= 4 is 18.0 Å². The first-order valence-electron chi connectivity index (χ1n) is 11.5. The first-order valence-corrected chi connectivity index (χ1v) is 11.5. The van der Waals surface area contributed by atoms with Crippen molar-refractivity contribution in [2.75, 3.05) is 0 Å². The molecule has 1 saturated heterocycles. The highest BCUT2D eigenvalue weighted by Gasteiger charge is 2.70. The second-order valence-corrected chi connectivity index (χ2v) is 9.59. The molecule has 1 unspecified atom stereocenters. The van der Waals surface area contributed by atoms with E-state index < -0.39 is 59.4 Å². The zero-order chi connectivity index (χ0) is 25.5. The van der Waals surface area contributed by atoms with E-state index in [1.165, 1.54) is 13.8 Å². The van der Waals surface area contributed by atoms with E-state index in [-0.39, 0.29) is 0 Å². The van der Waals surface area contributed by atoms with Gasteiger partial charge < -0.3 is 10.5 Å². The second kappa shape index (κ2) is 8.88. The number of allylic oxidation sites excluding steroid dienone is 1. The number of ether oxygens (including phenoxy) is 1. The number of carbonyl (C=O) groups excluding carboxylic acids is 2. The molecule has 2 fully saturated rings. The number of amides is 1. The van der Waals surface area contributed by atoms with Gasteiger partial charge in [0.15, 0.2) is 0 Å². The number of rotatable bonds is 5. The topological polar surface area (TPSA) is 106 Å². The van der Waals surface area contributed by atoms with Crippen molar-refractivity contribution in [3.63, 3.8) is 0 Å². The van der Waals surface area contributed by atoms with Crippen LogP contribution in [0.25, 0.3) is 17.2 Å². The number of pyridine rings is 1. The van der Waals surface area contributed by atoms with Crippen molar-refractivity contribution in [1.82, 2.24) is 4.98 Å². The molecule has 0 radical (unpaired) electrons. The van der Waals surface area contributed by atoms with E-state index in [1.807, 2.05) is 18.2 Å². The molecule has 0 spiro atoms. The van der Waals surface area contributed by atoms with Gasteiger partial charge in [0.05, 0.1) is 28.7 Å². The Hall–Kier alpha value is -3.60. The summed E-state index contributed by atoms with van der Waals surface area (Å²) < 4.78 is 36.0. The maximum Gasteiger partial charge on any atom is 0.313 e. The smallest absolute Gasteiger partial charge is 0.313 e. The number of cyclic esters (lactones) is 1. The van der Waals surface area contributed by atoms with Gasteiger partial charge in [0.1, 0.15) is 6.10 Å². The molecule has 6 nitrogen and oxygen atoms in total. The van der Waals surface area contributed by atoms with Gasteiger partial charge in [0.2, 0.25) is 5.91 Å². The molecule has 182 valence electrons. The number of aromatic nitrogens is 1. The lowest BCUT2D eigenvalue weighted by atomic mass is 9.52. The Balaban J connectivity index is 1.69. The van der Waals surface area contributed by atoms with Gasteiger partial charge in [0.25, 0.3) is 5.92 Å². The number of nitrogens with zero attached hydrogens (tertiary/aromatic N) is 2. The summed E-state index contributed by atoms with van der Waals surface area (Å²) in [5, 5.41) is 9.33. The normalized spacial score (nSPS) is 30.3. The maximum atomic E-state index is 15.3. The molecule has 2 aromatic rings. The molecule has 2 heterocycles. The molecule has 1 amide bonds. The summed E-state index contributed by atoms with van der Waals surface area (Å²) in [7, 11) is 0. The van der Waals surface area contributed by atoms with Crippen LogP contribution in [0.4, 0.5) is 8.78 Å². The van der Waals surface area contributed by atoms with E-state index in [9.17, 15) is 14.9 Å². The maximum absolute atomic E-state index is 15.3. The number of nitrogens with two attached hydrogens (primary N) is 1. The highest BCUT2D eigenvalue weighted by Crippen LogP contribution is 2.62. The van der Waals surface area contributed by atoms with Gasteiger partial charge in [-0.15, -0.1) is 0 Å². The van der Waals surface area contributed by atoms with Crippen LogP contribution in [0.3, 0.4) is 0 Å². The molecule has 6 atom stereocenters. The predicted octanol–water partition coefficient (Wildman–Crippen LogP) is 4.59. The first kappa shape index (κ1) is 24.5. The van der Waals surface area contributed by atoms with E-state index in [0.717, 1.165) is 11.1 Å². The first-order chi connectivity index (χ1) is 16.5. The van der Waals surface area contributed by atoms with Crippen LogP contribution in [0, 0.1) is 40.4 Å². The van der Waals surface area contributed by atoms with Crippen molar-refractivity contribution in [2.45, 2.75) is 39.2 Å². The number of benzene rings is 1. The number of primary amides is 1. The lowest BCUT2D eigenvalue weighted by Crippen LogP contribution is -2.58. The zero-order valence-electron chi connectivity index (χ0n) is 19.7. The number of esters is 1. The molecular weight excluding hydrogens is 452 g/mol. The third-order valence-corrected chi connectivity index (χ3v) is 7.79. The molecule has 2 N–H and O–H groups in total. The lowest BCUT2D eigenvalue weighted by Gasteiger charge is -2.49. The van der Waals surface area contributed by atoms with E-state index in [4.69, 9.17) is 10.5 Å². The van der Waals surface area contributed by atoms with Crippen molar-refractivity contribution in [1.29, 1.82) is 5.26 Å². The summed E-state index contributed by atoms with van der Waals surface area (Å²) in [4.78, 5) is 29.4. The minimum Gasteiger partial charge on any atom is -0.462 e. The van der Waals surface area contributed by atoms with Gasteiger partial charge in [-0.05, 0) is 31.1 Å². The second-order valence-electron chi connectivity index (χ2n) is 9.59. The molecule has 4 rings (SSSR count). The summed E-state index contributed by atoms with van der Waals surface area (Å²) in [6.07, 6.45) is 3.51. The summed E-state index contributed by atoms with van der Waals surface area (Å²) in [6.45, 7) is 4.56. The number of carbonyl (C=O) groups is 2. The Morgan fingerprint density at radius 2 is 2.00 bits per heavy atom. The molecule has 2 aliphatic rings. The largest absolute Gasteiger partial charge is 0.462 e. The van der Waals surface area contributed by atoms with Crippen LogP contribution < -0.4 is 5.73 Å². The summed E-state index contributed by atoms with van der Waals surface area (Å²) in [6, 6.07) is 12.9. The standard InChI is InChI=1S/C27H27F2N3O3/c1-15-21(11-10-20-9-8-19(13-32-20)22-7-5-4-6-18(22)12-30)23-17(3)35-25(34)26(23,14-27(15,28)29)16(2)24(31)33/h4-11,13,15-17,21,23H,14H2,1-3H3,(H2,31,33)/t15-,16?,17+,21-,23-,26-/m0/s1. The minimum absolute atomic E-state index is 0.524. The summed E-state index contributed by atoms with van der Waals surface area (Å²) >= 11 is 0. The van der Waals surface area contributed by atoms with E-state index >= 15 is 8.78 Å². The number of hydrogen-bond acceptors (Lipinski definition) is 5. The third-order valence-electron chi connectivity index (χ3n) is 7.79. The number of hydrogen-bond donors (Lipinski definition) is 1. The fourth-order valence-electron chi connectivity index (χ4n) is 5.76. The molecular formula is C27H27F2N3O3. The van der Waals surface area contributed by atoms with Gasteiger partial charge in [-0.25, -0.2) is 8.78 Å². The molecule has 8 heteroatoms. The molecule has 1 aliphatic carbocycles. The van der Waals surface area contributed by atoms with Gasteiger partial charge in [0, 0.05) is 35.6 Å². The van der Waals surface area contributed by atoms with Crippen LogP contribution in [0.1, 0.15) is 38.4 Å². The van der Waals surface area contributed by atoms with Crippen LogP contribution in [0.15, 0.2) is 48.7 Å². The van der Waals surface area contributed by atoms with Crippen molar-refractivity contribution in [3.8, 4) is 17.2 Å². The molecule has 1 saturated carbocycles. The van der Waals surface area contributed by atoms with Crippen LogP contribution in [-0.4, -0.2) is 28.9 Å². The number of nitriles is 1. The van der Waals surface area contributed by atoms with Crippen molar-refractivity contribution < 1.29 is 23.1 Å². The number of fused-ring (bicyclic) bond motifs is 1. The third kappa shape index (κ3) is 3.99. The Morgan fingerprint density at radius 1 is 1.29 bits per heavy atom. The Kier molecular flexibility index (Phi) is 6.22. The quantitative estimate of drug-likeness (QED) is 0.631. The number of alkyl halides is 2. The Labute approximate surface area is 202 Å². The van der Waals surface area contributed by atoms with E-state index in [0.29, 0.717) is 11.3 Å². The highest BCUT2D eigenvalue weighted by atomic mass is 19.3. The molecule has 1 aliphatic heterocycles. The average molecular weight is 480 g/mol. The predicted molar refractivity (Wildman–Crippen MR) is 125 cm³/mol. The average Bonchev–Trinajstić information content (AvgIpc) is 3.08. The SMILES string of the molecule is CC(C(N)=O)[C@@]12CC(F)(F)[C@@H](C)[C@H](C=Cc3ccc(-c4ccccc4C#N)cn3)[C@@H]1[C@@H](C)OC2=O. The lowest BCUT2D eigenvalue weighted by molar-refractivity contribution is -0.182. The Morgan fingerprint density at radius 3 is 2.63 bits per heavy atom. The molecule has 35 heavy (non-hydrogen) atoms. The van der Waals surface area contributed by atoms with Crippen molar-refractivity contribution in [3.05, 3.63) is 59.9 Å². The van der Waals surface area contributed by atoms with Crippen molar-refractivity contribution in [2.24, 2.45) is 34.8 Å². The fourth-order valence-corrected chi connectivity index (χ4v) is 5.76. The monoisotopic (exact) mass is 479 g/mol. The molecule has 1 aromatic carbocycles. The van der Waals surface area contributed by atoms with E-state index in [2.05, 4.69) is 11.1 Å². The van der Waals surface area contributed by atoms with E-state index in [1.54, 1.807) is 43.5 Å².